The van der Waals surface area contributed by atoms with E-state index in [9.17, 15) is 13.2 Å². The lowest BCUT2D eigenvalue weighted by Gasteiger charge is -2.16. The van der Waals surface area contributed by atoms with Gasteiger partial charge in [-0.15, -0.1) is 0 Å². The summed E-state index contributed by atoms with van der Waals surface area (Å²) in [7, 11) is 0.683. The summed E-state index contributed by atoms with van der Waals surface area (Å²) in [6.07, 6.45) is 0.610. The van der Waals surface area contributed by atoms with Crippen LogP contribution in [0.3, 0.4) is 0 Å². The Labute approximate surface area is 165 Å². The first kappa shape index (κ1) is 21.2. The zero-order chi connectivity index (χ0) is 20.2. The smallest absolute Gasteiger partial charge is 0.251 e. The van der Waals surface area contributed by atoms with Gasteiger partial charge < -0.3 is 10.1 Å². The van der Waals surface area contributed by atoms with E-state index >= 15 is 0 Å². The van der Waals surface area contributed by atoms with Crippen molar-refractivity contribution < 1.29 is 17.9 Å². The van der Waals surface area contributed by atoms with Gasteiger partial charge in [0.05, 0.1) is 12.1 Å². The summed E-state index contributed by atoms with van der Waals surface area (Å²) in [5.74, 6) is 0.388. The Morgan fingerprint density at radius 1 is 1.22 bits per heavy atom. The Morgan fingerprint density at radius 3 is 2.56 bits per heavy atom. The lowest BCUT2D eigenvalue weighted by Crippen LogP contribution is -2.34. The molecule has 146 valence electrons. The number of carbonyl (C=O) groups is 1. The maximum Gasteiger partial charge on any atom is 0.251 e. The number of nitrogens with zero attached hydrogens (tertiary/aromatic N) is 1. The number of carbonyl (C=O) groups excluding carboxylic acids is 1. The maximum atomic E-state index is 12.5. The van der Waals surface area contributed by atoms with E-state index in [1.165, 1.54) is 32.3 Å². The fourth-order valence-electron chi connectivity index (χ4n) is 2.55. The van der Waals surface area contributed by atoms with Crippen LogP contribution in [0.4, 0.5) is 0 Å². The SMILES string of the molecule is COc1cccc(CC(C)NC(=O)c2ccc(Cl)c(S(=O)(=O)N(C)C)c2)c1. The molecule has 2 aromatic rings. The van der Waals surface area contributed by atoms with Gasteiger partial charge in [0.15, 0.2) is 0 Å². The number of hydrogen-bond acceptors (Lipinski definition) is 4. The number of sulfonamides is 1. The van der Waals surface area contributed by atoms with Crippen molar-refractivity contribution in [2.24, 2.45) is 0 Å². The molecule has 27 heavy (non-hydrogen) atoms. The fourth-order valence-corrected chi connectivity index (χ4v) is 3.94. The van der Waals surface area contributed by atoms with Gasteiger partial charge in [0.1, 0.15) is 10.6 Å². The van der Waals surface area contributed by atoms with Crippen LogP contribution in [0.2, 0.25) is 5.02 Å². The topological polar surface area (TPSA) is 75.7 Å². The highest BCUT2D eigenvalue weighted by Crippen LogP contribution is 2.25. The Kier molecular flexibility index (Phi) is 6.86. The van der Waals surface area contributed by atoms with Gasteiger partial charge in [0, 0.05) is 25.7 Å². The zero-order valence-electron chi connectivity index (χ0n) is 15.7. The highest BCUT2D eigenvalue weighted by molar-refractivity contribution is 7.89. The molecule has 0 aliphatic rings. The molecule has 2 rings (SSSR count). The number of halogens is 1. The van der Waals surface area contributed by atoms with Crippen molar-refractivity contribution in [3.8, 4) is 5.75 Å². The Hall–Kier alpha value is -2.09. The number of methoxy groups -OCH3 is 1. The van der Waals surface area contributed by atoms with Gasteiger partial charge in [-0.1, -0.05) is 23.7 Å². The van der Waals surface area contributed by atoms with Crippen LogP contribution < -0.4 is 10.1 Å². The summed E-state index contributed by atoms with van der Waals surface area (Å²) >= 11 is 6.02. The number of amides is 1. The monoisotopic (exact) mass is 410 g/mol. The zero-order valence-corrected chi connectivity index (χ0v) is 17.3. The summed E-state index contributed by atoms with van der Waals surface area (Å²) in [5.41, 5.74) is 1.26. The molecule has 0 heterocycles. The van der Waals surface area contributed by atoms with Gasteiger partial charge in [-0.05, 0) is 49.2 Å². The van der Waals surface area contributed by atoms with Gasteiger partial charge >= 0.3 is 0 Å². The van der Waals surface area contributed by atoms with Crippen molar-refractivity contribution in [2.45, 2.75) is 24.3 Å². The molecule has 1 unspecified atom stereocenters. The highest BCUT2D eigenvalue weighted by atomic mass is 35.5. The van der Waals surface area contributed by atoms with Gasteiger partial charge in [-0.25, -0.2) is 12.7 Å². The molecule has 1 atom stereocenters. The van der Waals surface area contributed by atoms with Crippen LogP contribution in [0.5, 0.6) is 5.75 Å². The van der Waals surface area contributed by atoms with Crippen LogP contribution in [0.25, 0.3) is 0 Å². The second kappa shape index (κ2) is 8.73. The van der Waals surface area contributed by atoms with E-state index in [1.807, 2.05) is 31.2 Å². The molecule has 1 amide bonds. The molecule has 0 radical (unpaired) electrons. The van der Waals surface area contributed by atoms with E-state index in [0.717, 1.165) is 15.6 Å². The minimum absolute atomic E-state index is 0.0738. The number of benzene rings is 2. The second-order valence-corrected chi connectivity index (χ2v) is 8.89. The first-order valence-electron chi connectivity index (χ1n) is 8.31. The minimum atomic E-state index is -3.74. The van der Waals surface area contributed by atoms with E-state index < -0.39 is 10.0 Å². The van der Waals surface area contributed by atoms with E-state index in [0.29, 0.717) is 6.42 Å². The first-order valence-corrected chi connectivity index (χ1v) is 10.1. The van der Waals surface area contributed by atoms with Crippen LogP contribution in [0, 0.1) is 0 Å². The van der Waals surface area contributed by atoms with Crippen molar-refractivity contribution in [3.05, 3.63) is 58.6 Å². The lowest BCUT2D eigenvalue weighted by molar-refractivity contribution is 0.0940. The van der Waals surface area contributed by atoms with Crippen molar-refractivity contribution in [2.75, 3.05) is 21.2 Å². The molecule has 6 nitrogen and oxygen atoms in total. The molecule has 0 saturated carbocycles. The van der Waals surface area contributed by atoms with Gasteiger partial charge in [0.25, 0.3) is 5.91 Å². The number of rotatable bonds is 7. The predicted molar refractivity (Wildman–Crippen MR) is 106 cm³/mol. The van der Waals surface area contributed by atoms with Crippen LogP contribution in [-0.2, 0) is 16.4 Å². The molecule has 0 aliphatic carbocycles. The van der Waals surface area contributed by atoms with Crippen LogP contribution in [0.1, 0.15) is 22.8 Å². The second-order valence-electron chi connectivity index (χ2n) is 6.36. The maximum absolute atomic E-state index is 12.5. The van der Waals surface area contributed by atoms with Crippen molar-refractivity contribution in [1.29, 1.82) is 0 Å². The molecule has 0 spiro atoms. The highest BCUT2D eigenvalue weighted by Gasteiger charge is 2.22. The first-order chi connectivity index (χ1) is 12.6. The summed E-state index contributed by atoms with van der Waals surface area (Å²) < 4.78 is 31.0. The predicted octanol–water partition coefficient (Wildman–Crippen LogP) is 2.96. The molecular formula is C19H23ClN2O4S. The normalized spacial score (nSPS) is 12.7. The summed E-state index contributed by atoms with van der Waals surface area (Å²) in [6, 6.07) is 11.7. The van der Waals surface area contributed by atoms with Gasteiger partial charge in [-0.2, -0.15) is 0 Å². The van der Waals surface area contributed by atoms with Crippen LogP contribution in [0.15, 0.2) is 47.4 Å². The number of ether oxygens (including phenoxy) is 1. The molecule has 1 N–H and O–H groups in total. The van der Waals surface area contributed by atoms with Crippen LogP contribution >= 0.6 is 11.6 Å². The Bertz CT molecular complexity index is 929. The third-order valence-electron chi connectivity index (χ3n) is 4.01. The van der Waals surface area contributed by atoms with E-state index in [1.54, 1.807) is 7.11 Å². The number of hydrogen-bond donors (Lipinski definition) is 1. The minimum Gasteiger partial charge on any atom is -0.497 e. The van der Waals surface area contributed by atoms with E-state index in [-0.39, 0.29) is 27.4 Å². The number of nitrogens with one attached hydrogen (secondary N) is 1. The van der Waals surface area contributed by atoms with Gasteiger partial charge in [0.2, 0.25) is 10.0 Å². The molecule has 0 aromatic heterocycles. The summed E-state index contributed by atoms with van der Waals surface area (Å²) in [4.78, 5) is 12.4. The lowest BCUT2D eigenvalue weighted by atomic mass is 10.1. The summed E-state index contributed by atoms with van der Waals surface area (Å²) in [5, 5.41) is 2.95. The van der Waals surface area contributed by atoms with Crippen molar-refractivity contribution in [1.82, 2.24) is 9.62 Å². The molecule has 0 aliphatic heterocycles. The van der Waals surface area contributed by atoms with Crippen LogP contribution in [-0.4, -0.2) is 45.9 Å². The molecule has 2 aromatic carbocycles. The average molecular weight is 411 g/mol. The molecular weight excluding hydrogens is 388 g/mol. The van der Waals surface area contributed by atoms with Crippen molar-refractivity contribution >= 4 is 27.5 Å². The standard InChI is InChI=1S/C19H23ClN2O4S/c1-13(10-14-6-5-7-16(11-14)26-4)21-19(23)15-8-9-17(20)18(12-15)27(24,25)22(2)3/h5-9,11-13H,10H2,1-4H3,(H,21,23). The third-order valence-corrected chi connectivity index (χ3v) is 6.30. The van der Waals surface area contributed by atoms with E-state index in [2.05, 4.69) is 5.32 Å². The fraction of sp³-hybridized carbons (Fsp3) is 0.316. The van der Waals surface area contributed by atoms with E-state index in [4.69, 9.17) is 16.3 Å². The molecule has 0 bridgehead atoms. The van der Waals surface area contributed by atoms with Crippen molar-refractivity contribution in [3.63, 3.8) is 0 Å². The largest absolute Gasteiger partial charge is 0.497 e. The van der Waals surface area contributed by atoms with Gasteiger partial charge in [-0.3, -0.25) is 4.79 Å². The summed E-state index contributed by atoms with van der Waals surface area (Å²) in [6.45, 7) is 1.88. The Morgan fingerprint density at radius 2 is 1.93 bits per heavy atom. The average Bonchev–Trinajstić information content (AvgIpc) is 2.61. The molecule has 0 saturated heterocycles. The Balaban J connectivity index is 2.16. The quantitative estimate of drug-likeness (QED) is 0.761. The third kappa shape index (κ3) is 5.22. The molecule has 8 heteroatoms. The molecule has 0 fully saturated rings.